The molecule has 1 aromatic heterocycles. The molecule has 0 saturated heterocycles. The maximum Gasteiger partial charge on any atom is 0.126 e. The summed E-state index contributed by atoms with van der Waals surface area (Å²) in [6.07, 6.45) is 0. The molecule has 0 aliphatic rings. The summed E-state index contributed by atoms with van der Waals surface area (Å²) >= 11 is 8.13. The molecule has 2 aromatic rings. The van der Waals surface area contributed by atoms with Crippen LogP contribution in [0.2, 0.25) is 0 Å². The van der Waals surface area contributed by atoms with E-state index in [0.717, 1.165) is 10.4 Å². The molecule has 1 aromatic carbocycles. The van der Waals surface area contributed by atoms with Crippen molar-refractivity contribution in [2.24, 2.45) is 0 Å². The zero-order valence-electron chi connectivity index (χ0n) is 10.1. The molecule has 0 spiro atoms. The highest BCUT2D eigenvalue weighted by molar-refractivity contribution is 7.12. The fourth-order valence-corrected chi connectivity index (χ4v) is 3.10. The van der Waals surface area contributed by atoms with Crippen molar-refractivity contribution in [2.45, 2.75) is 26.1 Å². The molecular weight excluding hydrogens is 255 g/mol. The van der Waals surface area contributed by atoms with Crippen LogP contribution in [0.25, 0.3) is 0 Å². The van der Waals surface area contributed by atoms with Gasteiger partial charge < -0.3 is 0 Å². The first-order valence-corrected chi connectivity index (χ1v) is 6.71. The first kappa shape index (κ1) is 12.6. The van der Waals surface area contributed by atoms with E-state index < -0.39 is 0 Å². The monoisotopic (exact) mass is 268 g/mol. The Hall–Kier alpha value is -0.860. The Bertz CT molecular complexity index is 526. The zero-order valence-corrected chi connectivity index (χ0v) is 11.6. The van der Waals surface area contributed by atoms with Crippen molar-refractivity contribution in [1.82, 2.24) is 0 Å². The van der Waals surface area contributed by atoms with Crippen LogP contribution in [0.15, 0.2) is 24.3 Å². The average Bonchev–Trinajstić information content (AvgIpc) is 2.62. The van der Waals surface area contributed by atoms with Gasteiger partial charge in [0.2, 0.25) is 0 Å². The largest absolute Gasteiger partial charge is 0.207 e. The number of aryl methyl sites for hydroxylation is 3. The van der Waals surface area contributed by atoms with Gasteiger partial charge in [-0.2, -0.15) is 0 Å². The standard InChI is InChI=1S/C14H14ClFS/c1-8-7-13(17-10(8)3)14(15)11-4-5-12(16)9(2)6-11/h4-7,14H,1-3H3. The molecule has 0 aliphatic carbocycles. The highest BCUT2D eigenvalue weighted by atomic mass is 35.5. The molecule has 3 heteroatoms. The summed E-state index contributed by atoms with van der Waals surface area (Å²) in [6.45, 7) is 5.92. The second-order valence-corrected chi connectivity index (χ2v) is 5.98. The van der Waals surface area contributed by atoms with Crippen LogP contribution in [-0.4, -0.2) is 0 Å². The van der Waals surface area contributed by atoms with Crippen LogP contribution in [0.4, 0.5) is 4.39 Å². The van der Waals surface area contributed by atoms with E-state index in [1.54, 1.807) is 24.3 Å². The number of benzene rings is 1. The van der Waals surface area contributed by atoms with E-state index in [1.807, 2.05) is 6.07 Å². The van der Waals surface area contributed by atoms with E-state index in [-0.39, 0.29) is 11.2 Å². The normalized spacial score (nSPS) is 12.8. The second kappa shape index (κ2) is 4.79. The van der Waals surface area contributed by atoms with E-state index >= 15 is 0 Å². The van der Waals surface area contributed by atoms with Gasteiger partial charge in [-0.25, -0.2) is 4.39 Å². The van der Waals surface area contributed by atoms with Gasteiger partial charge in [0.1, 0.15) is 5.82 Å². The van der Waals surface area contributed by atoms with Crippen LogP contribution < -0.4 is 0 Å². The van der Waals surface area contributed by atoms with E-state index in [9.17, 15) is 4.39 Å². The minimum atomic E-state index is -0.188. The summed E-state index contributed by atoms with van der Waals surface area (Å²) in [7, 11) is 0. The number of hydrogen-bond donors (Lipinski definition) is 0. The highest BCUT2D eigenvalue weighted by Gasteiger charge is 2.15. The summed E-state index contributed by atoms with van der Waals surface area (Å²) < 4.78 is 13.2. The molecule has 90 valence electrons. The number of alkyl halides is 1. The first-order valence-electron chi connectivity index (χ1n) is 5.46. The Morgan fingerprint density at radius 2 is 1.82 bits per heavy atom. The summed E-state index contributed by atoms with van der Waals surface area (Å²) in [5, 5.41) is -0.188. The molecule has 2 rings (SSSR count). The molecule has 1 heterocycles. The molecule has 0 fully saturated rings. The summed E-state index contributed by atoms with van der Waals surface area (Å²) in [4.78, 5) is 2.40. The van der Waals surface area contributed by atoms with Gasteiger partial charge in [0.25, 0.3) is 0 Å². The van der Waals surface area contributed by atoms with Crippen molar-refractivity contribution in [3.05, 3.63) is 56.5 Å². The van der Waals surface area contributed by atoms with Crippen LogP contribution in [0, 0.1) is 26.6 Å². The molecule has 0 bridgehead atoms. The number of hydrogen-bond acceptors (Lipinski definition) is 1. The van der Waals surface area contributed by atoms with Crippen LogP contribution in [-0.2, 0) is 0 Å². The van der Waals surface area contributed by atoms with Gasteiger partial charge in [-0.1, -0.05) is 12.1 Å². The second-order valence-electron chi connectivity index (χ2n) is 4.26. The Morgan fingerprint density at radius 3 is 2.35 bits per heavy atom. The van der Waals surface area contributed by atoms with Gasteiger partial charge in [0.15, 0.2) is 0 Å². The molecule has 1 unspecified atom stereocenters. The fraction of sp³-hybridized carbons (Fsp3) is 0.286. The molecular formula is C14H14ClFS. The van der Waals surface area contributed by atoms with Gasteiger partial charge in [-0.3, -0.25) is 0 Å². The van der Waals surface area contributed by atoms with E-state index in [4.69, 9.17) is 11.6 Å². The van der Waals surface area contributed by atoms with Gasteiger partial charge in [-0.15, -0.1) is 22.9 Å². The van der Waals surface area contributed by atoms with Crippen molar-refractivity contribution >= 4 is 22.9 Å². The predicted molar refractivity (Wildman–Crippen MR) is 72.6 cm³/mol. The Labute approximate surface area is 110 Å². The van der Waals surface area contributed by atoms with Crippen molar-refractivity contribution in [2.75, 3.05) is 0 Å². The zero-order chi connectivity index (χ0) is 12.6. The van der Waals surface area contributed by atoms with Gasteiger partial charge in [0, 0.05) is 9.75 Å². The van der Waals surface area contributed by atoms with Gasteiger partial charge in [0.05, 0.1) is 5.38 Å². The topological polar surface area (TPSA) is 0 Å². The number of halogens is 2. The molecule has 0 aliphatic heterocycles. The Morgan fingerprint density at radius 1 is 1.12 bits per heavy atom. The third kappa shape index (κ3) is 2.53. The molecule has 0 nitrogen and oxygen atoms in total. The van der Waals surface area contributed by atoms with E-state index in [2.05, 4.69) is 19.9 Å². The van der Waals surface area contributed by atoms with Crippen molar-refractivity contribution < 1.29 is 4.39 Å². The Kier molecular flexibility index (Phi) is 3.55. The quantitative estimate of drug-likeness (QED) is 0.662. The van der Waals surface area contributed by atoms with Crippen molar-refractivity contribution in [3.63, 3.8) is 0 Å². The maximum atomic E-state index is 13.2. The summed E-state index contributed by atoms with van der Waals surface area (Å²) in [6, 6.07) is 7.16. The lowest BCUT2D eigenvalue weighted by atomic mass is 10.1. The average molecular weight is 269 g/mol. The maximum absolute atomic E-state index is 13.2. The molecule has 0 radical (unpaired) electrons. The summed E-state index contributed by atoms with van der Waals surface area (Å²) in [5.74, 6) is -0.184. The lowest BCUT2D eigenvalue weighted by Gasteiger charge is -2.09. The molecule has 1 atom stereocenters. The van der Waals surface area contributed by atoms with Crippen LogP contribution >= 0.6 is 22.9 Å². The third-order valence-corrected chi connectivity index (χ3v) is 4.74. The van der Waals surface area contributed by atoms with Gasteiger partial charge in [-0.05, 0) is 49.6 Å². The molecule has 17 heavy (non-hydrogen) atoms. The van der Waals surface area contributed by atoms with Gasteiger partial charge >= 0.3 is 0 Å². The Balaban J connectivity index is 2.36. The highest BCUT2D eigenvalue weighted by Crippen LogP contribution is 2.35. The minimum absolute atomic E-state index is 0.184. The lowest BCUT2D eigenvalue weighted by molar-refractivity contribution is 0.617. The van der Waals surface area contributed by atoms with Crippen LogP contribution in [0.1, 0.15) is 31.8 Å². The molecule has 0 amide bonds. The van der Waals surface area contributed by atoms with Crippen LogP contribution in [0.3, 0.4) is 0 Å². The van der Waals surface area contributed by atoms with Crippen LogP contribution in [0.5, 0.6) is 0 Å². The SMILES string of the molecule is Cc1cc(C(Cl)c2cc(C)c(C)s2)ccc1F. The molecule has 0 N–H and O–H groups in total. The first-order chi connectivity index (χ1) is 7.99. The van der Waals surface area contributed by atoms with Crippen molar-refractivity contribution in [1.29, 1.82) is 0 Å². The van der Waals surface area contributed by atoms with E-state index in [1.165, 1.54) is 16.5 Å². The number of rotatable bonds is 2. The van der Waals surface area contributed by atoms with Crippen molar-refractivity contribution in [3.8, 4) is 0 Å². The third-order valence-electron chi connectivity index (χ3n) is 2.91. The fourth-order valence-electron chi connectivity index (χ4n) is 1.72. The molecule has 0 saturated carbocycles. The lowest BCUT2D eigenvalue weighted by Crippen LogP contribution is -1.92. The predicted octanol–water partition coefficient (Wildman–Crippen LogP) is 5.14. The number of thiophene rings is 1. The summed E-state index contributed by atoms with van der Waals surface area (Å²) in [5.41, 5.74) is 2.85. The smallest absolute Gasteiger partial charge is 0.126 e. The minimum Gasteiger partial charge on any atom is -0.207 e. The van der Waals surface area contributed by atoms with E-state index in [0.29, 0.717) is 5.56 Å².